The molecule has 3 rings (SSSR count). The summed E-state index contributed by atoms with van der Waals surface area (Å²) in [6.45, 7) is -0.112. The summed E-state index contributed by atoms with van der Waals surface area (Å²) in [4.78, 5) is 16.9. The van der Waals surface area contributed by atoms with E-state index in [1.165, 1.54) is 13.2 Å². The number of aliphatic hydroxyl groups excluding tert-OH is 1. The van der Waals surface area contributed by atoms with E-state index in [1.807, 2.05) is 12.1 Å². The van der Waals surface area contributed by atoms with E-state index >= 15 is 0 Å². The van der Waals surface area contributed by atoms with Gasteiger partial charge >= 0.3 is 0 Å². The Morgan fingerprint density at radius 1 is 1.13 bits per heavy atom. The number of hydrogen-bond acceptors (Lipinski definition) is 7. The average Bonchev–Trinajstić information content (AvgIpc) is 2.78. The van der Waals surface area contributed by atoms with Crippen molar-refractivity contribution in [1.29, 1.82) is 0 Å². The van der Waals surface area contributed by atoms with Crippen molar-refractivity contribution in [2.24, 2.45) is 0 Å². The van der Waals surface area contributed by atoms with Crippen LogP contribution in [0.4, 0.5) is 17.2 Å². The Bertz CT molecular complexity index is 1080. The number of ether oxygens (including phenoxy) is 2. The van der Waals surface area contributed by atoms with Gasteiger partial charge < -0.3 is 25.6 Å². The van der Waals surface area contributed by atoms with E-state index in [1.54, 1.807) is 55.8 Å². The Morgan fingerprint density at radius 2 is 1.93 bits per heavy atom. The van der Waals surface area contributed by atoms with Gasteiger partial charge in [-0.05, 0) is 48.6 Å². The summed E-state index contributed by atoms with van der Waals surface area (Å²) in [7, 11) is 3.07. The first-order valence-corrected chi connectivity index (χ1v) is 9.21. The van der Waals surface area contributed by atoms with E-state index in [-0.39, 0.29) is 12.4 Å². The van der Waals surface area contributed by atoms with E-state index in [9.17, 15) is 9.90 Å². The summed E-state index contributed by atoms with van der Waals surface area (Å²) in [6.07, 6.45) is 4.82. The molecule has 0 radical (unpaired) electrons. The number of methoxy groups -OCH3 is 2. The molecular formula is C23H23N3O4. The first-order valence-electron chi connectivity index (χ1n) is 9.21. The van der Waals surface area contributed by atoms with Crippen LogP contribution in [-0.4, -0.2) is 30.1 Å². The number of nitrogen functional groups attached to an aromatic ring is 1. The number of nitrogens with one attached hydrogen (secondary N) is 1. The second-order valence-corrected chi connectivity index (χ2v) is 6.41. The van der Waals surface area contributed by atoms with Crippen molar-refractivity contribution in [3.63, 3.8) is 0 Å². The van der Waals surface area contributed by atoms with Crippen LogP contribution >= 0.6 is 0 Å². The number of hydrogen-bond donors (Lipinski definition) is 3. The van der Waals surface area contributed by atoms with Crippen molar-refractivity contribution >= 4 is 29.1 Å². The topological polar surface area (TPSA) is 107 Å². The number of carbonyl (C=O) groups excluding carboxylic acids is 1. The molecule has 30 heavy (non-hydrogen) atoms. The molecule has 154 valence electrons. The summed E-state index contributed by atoms with van der Waals surface area (Å²) >= 11 is 0. The van der Waals surface area contributed by atoms with Gasteiger partial charge in [-0.1, -0.05) is 6.07 Å². The molecule has 0 atom stereocenters. The molecule has 0 bridgehead atoms. The van der Waals surface area contributed by atoms with Crippen LogP contribution in [0.2, 0.25) is 0 Å². The molecule has 7 heteroatoms. The molecule has 0 aliphatic rings. The van der Waals surface area contributed by atoms with Gasteiger partial charge in [-0.25, -0.2) is 4.98 Å². The largest absolute Gasteiger partial charge is 0.496 e. The highest BCUT2D eigenvalue weighted by molar-refractivity contribution is 6.07. The highest BCUT2D eigenvalue weighted by atomic mass is 16.5. The molecule has 4 N–H and O–H groups in total. The van der Waals surface area contributed by atoms with Crippen LogP contribution in [-0.2, 0) is 6.61 Å². The predicted octanol–water partition coefficient (Wildman–Crippen LogP) is 3.81. The molecule has 0 aliphatic carbocycles. The average molecular weight is 405 g/mol. The number of pyridine rings is 1. The highest BCUT2D eigenvalue weighted by Gasteiger charge is 2.08. The fourth-order valence-corrected chi connectivity index (χ4v) is 2.90. The number of carbonyl (C=O) groups is 1. The molecule has 0 saturated heterocycles. The predicted molar refractivity (Wildman–Crippen MR) is 117 cm³/mol. The zero-order chi connectivity index (χ0) is 21.5. The standard InChI is InChI=1S/C23H23N3O4/c1-29-21-10-7-16(12-19(21)24)20(28)9-6-15-4-3-11-25-23(15)26-18-8-5-17(14-27)22(13-18)30-2/h3-13,27H,14,24H2,1-2H3,(H,25,26). The minimum Gasteiger partial charge on any atom is -0.496 e. The number of rotatable bonds is 8. The zero-order valence-corrected chi connectivity index (χ0v) is 16.8. The van der Waals surface area contributed by atoms with Crippen molar-refractivity contribution < 1.29 is 19.4 Å². The molecule has 0 saturated carbocycles. The lowest BCUT2D eigenvalue weighted by atomic mass is 10.1. The smallest absolute Gasteiger partial charge is 0.185 e. The minimum absolute atomic E-state index is 0.112. The van der Waals surface area contributed by atoms with Crippen molar-refractivity contribution in [1.82, 2.24) is 4.98 Å². The maximum atomic E-state index is 12.5. The maximum absolute atomic E-state index is 12.5. The Morgan fingerprint density at radius 3 is 2.63 bits per heavy atom. The number of aromatic nitrogens is 1. The third-order valence-corrected chi connectivity index (χ3v) is 4.49. The van der Waals surface area contributed by atoms with Crippen LogP contribution in [0.5, 0.6) is 11.5 Å². The number of nitrogens with two attached hydrogens (primary N) is 1. The molecule has 7 nitrogen and oxygen atoms in total. The van der Waals surface area contributed by atoms with Gasteiger partial charge in [0.25, 0.3) is 0 Å². The van der Waals surface area contributed by atoms with Gasteiger partial charge in [-0.3, -0.25) is 4.79 Å². The van der Waals surface area contributed by atoms with Gasteiger partial charge in [0, 0.05) is 34.6 Å². The molecule has 2 aromatic carbocycles. The number of aliphatic hydroxyl groups is 1. The Balaban J connectivity index is 1.81. The van der Waals surface area contributed by atoms with Crippen LogP contribution in [0.25, 0.3) is 6.08 Å². The number of ketones is 1. The van der Waals surface area contributed by atoms with Crippen LogP contribution in [0.3, 0.4) is 0 Å². The highest BCUT2D eigenvalue weighted by Crippen LogP contribution is 2.27. The van der Waals surface area contributed by atoms with Crippen molar-refractivity contribution in [2.75, 3.05) is 25.3 Å². The van der Waals surface area contributed by atoms with E-state index in [0.717, 1.165) is 11.3 Å². The van der Waals surface area contributed by atoms with E-state index < -0.39 is 0 Å². The lowest BCUT2D eigenvalue weighted by Gasteiger charge is -2.12. The maximum Gasteiger partial charge on any atom is 0.185 e. The Kier molecular flexibility index (Phi) is 6.67. The second kappa shape index (κ2) is 9.58. The number of benzene rings is 2. The summed E-state index contributed by atoms with van der Waals surface area (Å²) in [6, 6.07) is 13.9. The van der Waals surface area contributed by atoms with Crippen LogP contribution in [0, 0.1) is 0 Å². The van der Waals surface area contributed by atoms with E-state index in [4.69, 9.17) is 15.2 Å². The van der Waals surface area contributed by atoms with Crippen LogP contribution in [0.1, 0.15) is 21.5 Å². The van der Waals surface area contributed by atoms with Gasteiger partial charge in [-0.2, -0.15) is 0 Å². The Hall–Kier alpha value is -3.84. The van der Waals surface area contributed by atoms with Gasteiger partial charge in [0.2, 0.25) is 0 Å². The van der Waals surface area contributed by atoms with E-state index in [2.05, 4.69) is 10.3 Å². The second-order valence-electron chi connectivity index (χ2n) is 6.41. The summed E-state index contributed by atoms with van der Waals surface area (Å²) in [5.74, 6) is 1.49. The first-order chi connectivity index (χ1) is 14.5. The molecular weight excluding hydrogens is 382 g/mol. The lowest BCUT2D eigenvalue weighted by molar-refractivity contribution is 0.104. The van der Waals surface area contributed by atoms with Gasteiger partial charge in [-0.15, -0.1) is 0 Å². The summed E-state index contributed by atoms with van der Waals surface area (Å²) in [5, 5.41) is 12.6. The molecule has 0 amide bonds. The third-order valence-electron chi connectivity index (χ3n) is 4.49. The third kappa shape index (κ3) is 4.76. The van der Waals surface area contributed by atoms with Crippen molar-refractivity contribution in [2.45, 2.75) is 6.61 Å². The minimum atomic E-state index is -0.187. The van der Waals surface area contributed by atoms with Gasteiger partial charge in [0.05, 0.1) is 26.5 Å². The summed E-state index contributed by atoms with van der Waals surface area (Å²) < 4.78 is 10.4. The van der Waals surface area contributed by atoms with Crippen molar-refractivity contribution in [3.8, 4) is 11.5 Å². The van der Waals surface area contributed by atoms with Crippen LogP contribution < -0.4 is 20.5 Å². The van der Waals surface area contributed by atoms with Crippen molar-refractivity contribution in [3.05, 3.63) is 77.5 Å². The van der Waals surface area contributed by atoms with Gasteiger partial charge in [0.15, 0.2) is 5.78 Å². The van der Waals surface area contributed by atoms with Gasteiger partial charge in [0.1, 0.15) is 17.3 Å². The lowest BCUT2D eigenvalue weighted by Crippen LogP contribution is -2.00. The number of nitrogens with zero attached hydrogens (tertiary/aromatic N) is 1. The molecule has 3 aromatic rings. The SMILES string of the molecule is COc1ccc(C(=O)C=Cc2cccnc2Nc2ccc(CO)c(OC)c2)cc1N. The molecule has 1 heterocycles. The van der Waals surface area contributed by atoms with E-state index in [0.29, 0.717) is 34.1 Å². The van der Waals surface area contributed by atoms with Crippen LogP contribution in [0.15, 0.2) is 60.8 Å². The monoisotopic (exact) mass is 405 g/mol. The Labute approximate surface area is 174 Å². The molecule has 0 fully saturated rings. The molecule has 1 aromatic heterocycles. The normalized spacial score (nSPS) is 10.8. The molecule has 0 aliphatic heterocycles. The fourth-order valence-electron chi connectivity index (χ4n) is 2.90. The zero-order valence-electron chi connectivity index (χ0n) is 16.8. The number of allylic oxidation sites excluding steroid dienone is 1. The first kappa shape index (κ1) is 20.9. The number of anilines is 3. The fraction of sp³-hybridized carbons (Fsp3) is 0.130. The summed E-state index contributed by atoms with van der Waals surface area (Å²) in [5.41, 5.74) is 8.92. The molecule has 0 unspecified atom stereocenters. The molecule has 0 spiro atoms. The quantitative estimate of drug-likeness (QED) is 0.297.